The lowest BCUT2D eigenvalue weighted by molar-refractivity contribution is 0.199. The summed E-state index contributed by atoms with van der Waals surface area (Å²) in [6.07, 6.45) is 2.88. The lowest BCUT2D eigenvalue weighted by Crippen LogP contribution is -2.28. The molecule has 1 heterocycles. The summed E-state index contributed by atoms with van der Waals surface area (Å²) < 4.78 is 0. The van der Waals surface area contributed by atoms with E-state index in [1.807, 2.05) is 12.1 Å². The van der Waals surface area contributed by atoms with E-state index in [4.69, 9.17) is 0 Å². The molecule has 104 valence electrons. The first-order valence-electron chi connectivity index (χ1n) is 6.37. The second-order valence-corrected chi connectivity index (χ2v) is 4.47. The van der Waals surface area contributed by atoms with E-state index in [2.05, 4.69) is 15.6 Å². The van der Waals surface area contributed by atoms with Crippen molar-refractivity contribution in [3.8, 4) is 0 Å². The molecule has 0 fully saturated rings. The van der Waals surface area contributed by atoms with Crippen LogP contribution in [0.3, 0.4) is 0 Å². The molecule has 1 aromatic carbocycles. The van der Waals surface area contributed by atoms with Gasteiger partial charge in [-0.15, -0.1) is 0 Å². The summed E-state index contributed by atoms with van der Waals surface area (Å²) >= 11 is 0. The van der Waals surface area contributed by atoms with Crippen LogP contribution in [0.15, 0.2) is 48.8 Å². The highest BCUT2D eigenvalue weighted by molar-refractivity contribution is 5.89. The Labute approximate surface area is 117 Å². The molecule has 0 spiro atoms. The highest BCUT2D eigenvalue weighted by Crippen LogP contribution is 2.15. The van der Waals surface area contributed by atoms with E-state index >= 15 is 0 Å². The largest absolute Gasteiger partial charge is 0.389 e. The van der Waals surface area contributed by atoms with E-state index in [0.29, 0.717) is 12.2 Å². The minimum atomic E-state index is -0.511. The fourth-order valence-corrected chi connectivity index (χ4v) is 1.71. The summed E-state index contributed by atoms with van der Waals surface area (Å²) in [6, 6.07) is 10.5. The van der Waals surface area contributed by atoms with Gasteiger partial charge in [0.2, 0.25) is 0 Å². The summed E-state index contributed by atoms with van der Waals surface area (Å²) in [5, 5.41) is 14.9. The molecule has 1 atom stereocenters. The van der Waals surface area contributed by atoms with Crippen molar-refractivity contribution in [3.63, 3.8) is 0 Å². The number of carbonyl (C=O) groups excluding carboxylic acids is 1. The molecule has 5 heteroatoms. The van der Waals surface area contributed by atoms with Crippen LogP contribution in [0.25, 0.3) is 0 Å². The maximum Gasteiger partial charge on any atom is 0.319 e. The molecule has 1 aromatic heterocycles. The van der Waals surface area contributed by atoms with Crippen molar-refractivity contribution in [2.24, 2.45) is 0 Å². The average Bonchev–Trinajstić information content (AvgIpc) is 2.47. The van der Waals surface area contributed by atoms with Crippen LogP contribution in [0.5, 0.6) is 0 Å². The number of aliphatic hydroxyl groups excluding tert-OH is 1. The first-order valence-corrected chi connectivity index (χ1v) is 6.37. The summed E-state index contributed by atoms with van der Waals surface area (Å²) in [5.41, 5.74) is 2.43. The third-order valence-electron chi connectivity index (χ3n) is 2.83. The minimum absolute atomic E-state index is 0.279. The highest BCUT2D eigenvalue weighted by atomic mass is 16.3. The fourth-order valence-electron chi connectivity index (χ4n) is 1.71. The topological polar surface area (TPSA) is 74.2 Å². The Bertz CT molecular complexity index is 553. The Morgan fingerprint density at radius 2 is 2.05 bits per heavy atom. The standard InChI is InChI=1S/C15H17N3O2/c1-11(19)13-4-6-14(7-5-13)18-15(20)17-10-12-3-2-8-16-9-12/h2-9,11,19H,10H2,1H3,(H2,17,18,20). The number of aromatic nitrogens is 1. The van der Waals surface area contributed by atoms with E-state index in [0.717, 1.165) is 11.1 Å². The summed E-state index contributed by atoms with van der Waals surface area (Å²) in [6.45, 7) is 2.12. The third-order valence-corrected chi connectivity index (χ3v) is 2.83. The normalized spacial score (nSPS) is 11.7. The maximum atomic E-state index is 11.7. The number of aliphatic hydroxyl groups is 1. The monoisotopic (exact) mass is 271 g/mol. The molecule has 2 amide bonds. The van der Waals surface area contributed by atoms with Crippen molar-refractivity contribution < 1.29 is 9.90 Å². The number of hydrogen-bond acceptors (Lipinski definition) is 3. The Morgan fingerprint density at radius 3 is 2.65 bits per heavy atom. The molecule has 0 saturated carbocycles. The van der Waals surface area contributed by atoms with Crippen molar-refractivity contribution in [1.82, 2.24) is 10.3 Å². The zero-order valence-corrected chi connectivity index (χ0v) is 11.2. The molecule has 0 aliphatic carbocycles. The molecule has 0 radical (unpaired) electrons. The number of hydrogen-bond donors (Lipinski definition) is 3. The molecule has 0 bridgehead atoms. The summed E-state index contributed by atoms with van der Waals surface area (Å²) in [7, 11) is 0. The molecular weight excluding hydrogens is 254 g/mol. The van der Waals surface area contributed by atoms with Crippen LogP contribution >= 0.6 is 0 Å². The zero-order chi connectivity index (χ0) is 14.4. The van der Waals surface area contributed by atoms with Gasteiger partial charge in [-0.05, 0) is 36.2 Å². The first kappa shape index (κ1) is 14.0. The van der Waals surface area contributed by atoms with Gasteiger partial charge in [-0.25, -0.2) is 4.79 Å². The van der Waals surface area contributed by atoms with Crippen molar-refractivity contribution in [3.05, 3.63) is 59.9 Å². The van der Waals surface area contributed by atoms with E-state index in [9.17, 15) is 9.90 Å². The molecule has 2 aromatic rings. The number of anilines is 1. The third kappa shape index (κ3) is 4.07. The van der Waals surface area contributed by atoms with Crippen LogP contribution in [-0.2, 0) is 6.54 Å². The molecule has 0 aliphatic rings. The molecule has 1 unspecified atom stereocenters. The lowest BCUT2D eigenvalue weighted by atomic mass is 10.1. The van der Waals surface area contributed by atoms with Gasteiger partial charge in [0.15, 0.2) is 0 Å². The summed E-state index contributed by atoms with van der Waals surface area (Å²) in [5.74, 6) is 0. The minimum Gasteiger partial charge on any atom is -0.389 e. The predicted octanol–water partition coefficient (Wildman–Crippen LogP) is 2.46. The number of urea groups is 1. The van der Waals surface area contributed by atoms with E-state index < -0.39 is 6.10 Å². The van der Waals surface area contributed by atoms with E-state index in [1.165, 1.54) is 0 Å². The van der Waals surface area contributed by atoms with Crippen molar-refractivity contribution >= 4 is 11.7 Å². The van der Waals surface area contributed by atoms with Gasteiger partial charge in [0.05, 0.1) is 6.10 Å². The molecule has 3 N–H and O–H groups in total. The van der Waals surface area contributed by atoms with E-state index in [-0.39, 0.29) is 6.03 Å². The molecular formula is C15H17N3O2. The number of amides is 2. The quantitative estimate of drug-likeness (QED) is 0.799. The first-order chi connectivity index (χ1) is 9.65. The number of pyridine rings is 1. The number of nitrogens with one attached hydrogen (secondary N) is 2. The number of carbonyl (C=O) groups is 1. The van der Waals surface area contributed by atoms with Crippen molar-refractivity contribution in [1.29, 1.82) is 0 Å². The Morgan fingerprint density at radius 1 is 1.30 bits per heavy atom. The number of rotatable bonds is 4. The Hall–Kier alpha value is -2.40. The Kier molecular flexibility index (Phi) is 4.68. The predicted molar refractivity (Wildman–Crippen MR) is 77.2 cm³/mol. The van der Waals surface area contributed by atoms with E-state index in [1.54, 1.807) is 43.6 Å². The van der Waals surface area contributed by atoms with Crippen LogP contribution in [0.1, 0.15) is 24.2 Å². The van der Waals surface area contributed by atoms with Crippen LogP contribution in [0.2, 0.25) is 0 Å². The SMILES string of the molecule is CC(O)c1ccc(NC(=O)NCc2cccnc2)cc1. The highest BCUT2D eigenvalue weighted by Gasteiger charge is 2.03. The van der Waals surface area contributed by atoms with Crippen LogP contribution < -0.4 is 10.6 Å². The molecule has 2 rings (SSSR count). The van der Waals surface area contributed by atoms with Gasteiger partial charge < -0.3 is 15.7 Å². The lowest BCUT2D eigenvalue weighted by Gasteiger charge is -2.09. The van der Waals surface area contributed by atoms with Crippen LogP contribution in [-0.4, -0.2) is 16.1 Å². The van der Waals surface area contributed by atoms with Gasteiger partial charge in [-0.2, -0.15) is 0 Å². The van der Waals surface area contributed by atoms with Crippen LogP contribution in [0.4, 0.5) is 10.5 Å². The maximum absolute atomic E-state index is 11.7. The zero-order valence-electron chi connectivity index (χ0n) is 11.2. The average molecular weight is 271 g/mol. The molecule has 20 heavy (non-hydrogen) atoms. The Balaban J connectivity index is 1.85. The van der Waals surface area contributed by atoms with Gasteiger partial charge in [0.1, 0.15) is 0 Å². The number of nitrogens with zero attached hydrogens (tertiary/aromatic N) is 1. The van der Waals surface area contributed by atoms with Crippen molar-refractivity contribution in [2.75, 3.05) is 5.32 Å². The van der Waals surface area contributed by atoms with Gasteiger partial charge >= 0.3 is 6.03 Å². The van der Waals surface area contributed by atoms with Crippen LogP contribution in [0, 0.1) is 0 Å². The second-order valence-electron chi connectivity index (χ2n) is 4.47. The van der Waals surface area contributed by atoms with Gasteiger partial charge in [0, 0.05) is 24.6 Å². The molecule has 5 nitrogen and oxygen atoms in total. The van der Waals surface area contributed by atoms with Gasteiger partial charge in [0.25, 0.3) is 0 Å². The summed E-state index contributed by atoms with van der Waals surface area (Å²) in [4.78, 5) is 15.7. The fraction of sp³-hybridized carbons (Fsp3) is 0.200. The molecule has 0 saturated heterocycles. The van der Waals surface area contributed by atoms with Gasteiger partial charge in [-0.1, -0.05) is 18.2 Å². The smallest absolute Gasteiger partial charge is 0.319 e. The second kappa shape index (κ2) is 6.68. The number of benzene rings is 1. The van der Waals surface area contributed by atoms with Crippen molar-refractivity contribution in [2.45, 2.75) is 19.6 Å². The molecule has 0 aliphatic heterocycles. The van der Waals surface area contributed by atoms with Gasteiger partial charge in [-0.3, -0.25) is 4.98 Å².